The highest BCUT2D eigenvalue weighted by Gasteiger charge is 2.18. The van der Waals surface area contributed by atoms with E-state index in [1.807, 2.05) is 13.8 Å². The van der Waals surface area contributed by atoms with Crippen molar-refractivity contribution in [3.8, 4) is 0 Å². The van der Waals surface area contributed by atoms with Crippen LogP contribution in [0.2, 0.25) is 0 Å². The Labute approximate surface area is 95.9 Å². The van der Waals surface area contributed by atoms with Crippen LogP contribution in [-0.2, 0) is 19.1 Å². The lowest BCUT2D eigenvalue weighted by molar-refractivity contribution is -0.183. The highest BCUT2D eigenvalue weighted by molar-refractivity contribution is 5.82. The summed E-state index contributed by atoms with van der Waals surface area (Å²) in [6.07, 6.45) is 2.58. The van der Waals surface area contributed by atoms with Gasteiger partial charge in [-0.1, -0.05) is 33.4 Å². The highest BCUT2D eigenvalue weighted by Crippen LogP contribution is 2.14. The Bertz CT molecular complexity index is 248. The number of hydrogen-bond donors (Lipinski definition) is 0. The van der Waals surface area contributed by atoms with E-state index in [9.17, 15) is 9.59 Å². The lowest BCUT2D eigenvalue weighted by Crippen LogP contribution is -2.25. The predicted molar refractivity (Wildman–Crippen MR) is 60.4 cm³/mol. The van der Waals surface area contributed by atoms with E-state index in [0.717, 1.165) is 18.6 Å². The van der Waals surface area contributed by atoms with Crippen molar-refractivity contribution >= 4 is 11.9 Å². The maximum Gasteiger partial charge on any atom is 0.333 e. The molecule has 0 aliphatic carbocycles. The molecule has 0 saturated carbocycles. The predicted octanol–water partition coefficient (Wildman–Crippen LogP) is 2.21. The molecular formula is C12H18O4. The van der Waals surface area contributed by atoms with Crippen LogP contribution in [0, 0.1) is 5.92 Å². The summed E-state index contributed by atoms with van der Waals surface area (Å²) < 4.78 is 9.79. The van der Waals surface area contributed by atoms with Gasteiger partial charge >= 0.3 is 11.9 Å². The van der Waals surface area contributed by atoms with Crippen molar-refractivity contribution in [1.29, 1.82) is 0 Å². The van der Waals surface area contributed by atoms with Crippen LogP contribution in [-0.4, -0.2) is 18.2 Å². The first-order chi connectivity index (χ1) is 7.53. The van der Waals surface area contributed by atoms with Gasteiger partial charge in [-0.3, -0.25) is 0 Å². The number of ether oxygens (including phenoxy) is 2. The third-order valence-electron chi connectivity index (χ3n) is 2.12. The van der Waals surface area contributed by atoms with E-state index in [0.29, 0.717) is 12.3 Å². The van der Waals surface area contributed by atoms with Gasteiger partial charge in [0.25, 0.3) is 0 Å². The topological polar surface area (TPSA) is 52.6 Å². The van der Waals surface area contributed by atoms with Crippen molar-refractivity contribution in [2.24, 2.45) is 5.92 Å². The van der Waals surface area contributed by atoms with Gasteiger partial charge in [-0.15, -0.1) is 0 Å². The van der Waals surface area contributed by atoms with Crippen molar-refractivity contribution in [3.05, 3.63) is 25.3 Å². The molecule has 0 aromatic heterocycles. The maximum atomic E-state index is 11.0. The molecule has 0 radical (unpaired) electrons. The van der Waals surface area contributed by atoms with Gasteiger partial charge < -0.3 is 9.47 Å². The number of esters is 2. The average molecular weight is 226 g/mol. The van der Waals surface area contributed by atoms with Gasteiger partial charge in [-0.05, 0) is 5.92 Å². The molecule has 0 spiro atoms. The fourth-order valence-corrected chi connectivity index (χ4v) is 0.971. The molecule has 0 aliphatic heterocycles. The molecule has 16 heavy (non-hydrogen) atoms. The highest BCUT2D eigenvalue weighted by atomic mass is 16.7. The third kappa shape index (κ3) is 6.01. The number of hydrogen-bond acceptors (Lipinski definition) is 4. The normalized spacial score (nSPS) is 11.7. The Morgan fingerprint density at radius 1 is 1.19 bits per heavy atom. The Hall–Kier alpha value is -1.58. The van der Waals surface area contributed by atoms with E-state index >= 15 is 0 Å². The molecule has 0 bridgehead atoms. The minimum absolute atomic E-state index is 0.292. The van der Waals surface area contributed by atoms with Gasteiger partial charge in [0.1, 0.15) is 0 Å². The van der Waals surface area contributed by atoms with Crippen LogP contribution in [0.25, 0.3) is 0 Å². The number of rotatable bonds is 7. The molecule has 0 N–H and O–H groups in total. The van der Waals surface area contributed by atoms with Crippen LogP contribution in [0.4, 0.5) is 0 Å². The van der Waals surface area contributed by atoms with Crippen molar-refractivity contribution < 1.29 is 19.1 Å². The van der Waals surface area contributed by atoms with Gasteiger partial charge in [-0.25, -0.2) is 9.59 Å². The van der Waals surface area contributed by atoms with Crippen molar-refractivity contribution in [1.82, 2.24) is 0 Å². The summed E-state index contributed by atoms with van der Waals surface area (Å²) in [6, 6.07) is 0. The van der Waals surface area contributed by atoms with E-state index in [2.05, 4.69) is 13.2 Å². The molecule has 1 atom stereocenters. The van der Waals surface area contributed by atoms with E-state index in [1.54, 1.807) is 0 Å². The van der Waals surface area contributed by atoms with Crippen LogP contribution >= 0.6 is 0 Å². The molecule has 0 aromatic carbocycles. The van der Waals surface area contributed by atoms with Crippen molar-refractivity contribution in [2.45, 2.75) is 33.0 Å². The van der Waals surface area contributed by atoms with Gasteiger partial charge in [0.15, 0.2) is 0 Å². The zero-order chi connectivity index (χ0) is 12.6. The molecule has 0 saturated heterocycles. The molecular weight excluding hydrogens is 208 g/mol. The Morgan fingerprint density at radius 3 is 1.94 bits per heavy atom. The molecule has 90 valence electrons. The van der Waals surface area contributed by atoms with Crippen molar-refractivity contribution in [2.75, 3.05) is 0 Å². The Morgan fingerprint density at radius 2 is 1.62 bits per heavy atom. The number of carbonyl (C=O) groups is 2. The second-order valence-electron chi connectivity index (χ2n) is 3.46. The smallest absolute Gasteiger partial charge is 0.333 e. The fraction of sp³-hybridized carbons (Fsp3) is 0.500. The summed E-state index contributed by atoms with van der Waals surface area (Å²) in [7, 11) is 0. The quantitative estimate of drug-likeness (QED) is 0.379. The van der Waals surface area contributed by atoms with Gasteiger partial charge in [0, 0.05) is 18.6 Å². The van der Waals surface area contributed by atoms with Crippen LogP contribution < -0.4 is 0 Å². The molecule has 0 amide bonds. The van der Waals surface area contributed by atoms with Crippen LogP contribution in [0.1, 0.15) is 26.7 Å². The number of carbonyl (C=O) groups excluding carboxylic acids is 2. The second kappa shape index (κ2) is 7.68. The van der Waals surface area contributed by atoms with Gasteiger partial charge in [0.05, 0.1) is 0 Å². The SMILES string of the molecule is C=CC(=O)OC(CC(C)CC)OC(=O)C=C. The Kier molecular flexibility index (Phi) is 6.92. The third-order valence-corrected chi connectivity index (χ3v) is 2.12. The fourth-order valence-electron chi connectivity index (χ4n) is 0.971. The summed E-state index contributed by atoms with van der Waals surface area (Å²) in [5.41, 5.74) is 0. The molecule has 0 fully saturated rings. The molecule has 0 rings (SSSR count). The standard InChI is InChI=1S/C12H18O4/c1-5-9(4)8-12(15-10(13)6-2)16-11(14)7-3/h6-7,9,12H,2-3,5,8H2,1,4H3. The van der Waals surface area contributed by atoms with E-state index in [4.69, 9.17) is 9.47 Å². The molecule has 1 unspecified atom stereocenters. The maximum absolute atomic E-state index is 11.0. The largest absolute Gasteiger partial charge is 0.422 e. The lowest BCUT2D eigenvalue weighted by atomic mass is 10.1. The first kappa shape index (κ1) is 14.4. The molecule has 0 aliphatic rings. The summed E-state index contributed by atoms with van der Waals surface area (Å²) in [5.74, 6) is -0.921. The summed E-state index contributed by atoms with van der Waals surface area (Å²) >= 11 is 0. The second-order valence-corrected chi connectivity index (χ2v) is 3.46. The van der Waals surface area contributed by atoms with Crippen molar-refractivity contribution in [3.63, 3.8) is 0 Å². The van der Waals surface area contributed by atoms with Crippen LogP contribution in [0.5, 0.6) is 0 Å². The minimum Gasteiger partial charge on any atom is -0.422 e. The lowest BCUT2D eigenvalue weighted by Gasteiger charge is -2.19. The first-order valence-electron chi connectivity index (χ1n) is 5.19. The summed E-state index contributed by atoms with van der Waals surface area (Å²) in [5, 5.41) is 0. The zero-order valence-corrected chi connectivity index (χ0v) is 9.77. The van der Waals surface area contributed by atoms with E-state index in [-0.39, 0.29) is 0 Å². The monoisotopic (exact) mass is 226 g/mol. The van der Waals surface area contributed by atoms with Crippen LogP contribution in [0.3, 0.4) is 0 Å². The molecule has 4 heteroatoms. The molecule has 0 heterocycles. The van der Waals surface area contributed by atoms with E-state index in [1.165, 1.54) is 0 Å². The van der Waals surface area contributed by atoms with Gasteiger partial charge in [0.2, 0.25) is 6.29 Å². The van der Waals surface area contributed by atoms with E-state index < -0.39 is 18.2 Å². The minimum atomic E-state index is -0.869. The first-order valence-corrected chi connectivity index (χ1v) is 5.19. The summed E-state index contributed by atoms with van der Waals surface area (Å²) in [4.78, 5) is 22.0. The Balaban J connectivity index is 4.36. The molecule has 0 aromatic rings. The zero-order valence-electron chi connectivity index (χ0n) is 9.77. The van der Waals surface area contributed by atoms with Gasteiger partial charge in [-0.2, -0.15) is 0 Å². The molecule has 4 nitrogen and oxygen atoms in total. The summed E-state index contributed by atoms with van der Waals surface area (Å²) in [6.45, 7) is 10.5. The average Bonchev–Trinajstić information content (AvgIpc) is 2.28. The van der Waals surface area contributed by atoms with Crippen LogP contribution in [0.15, 0.2) is 25.3 Å².